The highest BCUT2D eigenvalue weighted by Gasteiger charge is 2.26. The first kappa shape index (κ1) is 30.8. The van der Waals surface area contributed by atoms with E-state index in [2.05, 4.69) is 25.0 Å². The van der Waals surface area contributed by atoms with Crippen molar-refractivity contribution in [3.63, 3.8) is 0 Å². The minimum atomic E-state index is -4.24. The van der Waals surface area contributed by atoms with Crippen molar-refractivity contribution in [3.05, 3.63) is 65.8 Å². The van der Waals surface area contributed by atoms with Gasteiger partial charge in [-0.05, 0) is 42.7 Å². The number of carbonyl (C=O) groups is 1. The number of halogens is 1. The van der Waals surface area contributed by atoms with Crippen molar-refractivity contribution < 1.29 is 41.6 Å². The maximum absolute atomic E-state index is 13.5. The van der Waals surface area contributed by atoms with Gasteiger partial charge in [0.15, 0.2) is 22.5 Å². The van der Waals surface area contributed by atoms with Crippen LogP contribution in [0.5, 0.6) is 34.6 Å². The molecule has 0 fully saturated rings. The number of fused-ring (bicyclic) bond motifs is 1. The number of aromatic nitrogens is 3. The summed E-state index contributed by atoms with van der Waals surface area (Å²) in [5, 5.41) is 2.82. The average molecular weight is 662 g/mol. The van der Waals surface area contributed by atoms with E-state index in [9.17, 15) is 13.2 Å². The van der Waals surface area contributed by atoms with Crippen molar-refractivity contribution in [2.75, 3.05) is 43.4 Å². The van der Waals surface area contributed by atoms with Gasteiger partial charge in [0.25, 0.3) is 15.9 Å². The number of benzene rings is 2. The van der Waals surface area contributed by atoms with E-state index in [0.29, 0.717) is 17.3 Å². The number of ether oxygens (including phenoxy) is 6. The van der Waals surface area contributed by atoms with Crippen molar-refractivity contribution in [2.24, 2.45) is 0 Å². The molecule has 0 bridgehead atoms. The van der Waals surface area contributed by atoms with Gasteiger partial charge in [-0.1, -0.05) is 29.4 Å². The quantitative estimate of drug-likeness (QED) is 0.115. The molecule has 2 N–H and O–H groups in total. The summed E-state index contributed by atoms with van der Waals surface area (Å²) in [5.41, 5.74) is 0. The van der Waals surface area contributed by atoms with Gasteiger partial charge in [-0.3, -0.25) is 10.0 Å². The Bertz CT molecular complexity index is 1760. The van der Waals surface area contributed by atoms with Gasteiger partial charge in [0.05, 0.1) is 17.0 Å². The Morgan fingerprint density at radius 1 is 1.07 bits per heavy atom. The molecule has 1 aliphatic heterocycles. The third kappa shape index (κ3) is 7.45. The molecule has 17 heteroatoms. The van der Waals surface area contributed by atoms with E-state index in [1.54, 1.807) is 30.5 Å². The summed E-state index contributed by atoms with van der Waals surface area (Å²) in [7, 11) is -2.78. The van der Waals surface area contributed by atoms with Crippen LogP contribution in [0.1, 0.15) is 0 Å². The molecule has 2 aromatic heterocycles. The molecule has 1 amide bonds. The molecule has 1 aliphatic rings. The smallest absolute Gasteiger partial charge is 0.412 e. The van der Waals surface area contributed by atoms with Gasteiger partial charge in [0, 0.05) is 18.3 Å². The van der Waals surface area contributed by atoms with Gasteiger partial charge in [0.2, 0.25) is 12.5 Å². The highest BCUT2D eigenvalue weighted by atomic mass is 35.5. The number of pyridine rings is 1. The molecule has 0 atom stereocenters. The number of hydrogen-bond donors (Lipinski definition) is 2. The molecule has 3 heterocycles. The number of methoxy groups -OCH3 is 1. The Balaban J connectivity index is 1.43. The van der Waals surface area contributed by atoms with Crippen LogP contribution in [0, 0.1) is 0 Å². The Morgan fingerprint density at radius 3 is 2.68 bits per heavy atom. The molecule has 0 saturated heterocycles. The average Bonchev–Trinajstić information content (AvgIpc) is 3.50. The number of nitrogens with zero attached hydrogens (tertiary/aromatic N) is 3. The number of carbonyl (C=O) groups excluding carboxylic acids is 1. The minimum Gasteiger partial charge on any atom is -0.497 e. The molecule has 0 saturated carbocycles. The van der Waals surface area contributed by atoms with E-state index >= 15 is 0 Å². The van der Waals surface area contributed by atoms with Crippen LogP contribution in [0.4, 0.5) is 16.4 Å². The van der Waals surface area contributed by atoms with E-state index in [-0.39, 0.29) is 64.0 Å². The fraction of sp³-hybridized carbons (Fsp3) is 0.185. The number of nitrogens with one attached hydrogen (secondary N) is 2. The predicted molar refractivity (Wildman–Crippen MR) is 160 cm³/mol. The van der Waals surface area contributed by atoms with E-state index in [1.807, 2.05) is 0 Å². The Kier molecular flexibility index (Phi) is 9.62. The van der Waals surface area contributed by atoms with Crippen LogP contribution in [-0.4, -0.2) is 62.8 Å². The summed E-state index contributed by atoms with van der Waals surface area (Å²) in [6, 6.07) is 13.8. The number of thioether (sulfide) groups is 1. The Hall–Kier alpha value is -4.67. The Labute approximate surface area is 261 Å². The van der Waals surface area contributed by atoms with Gasteiger partial charge in [-0.2, -0.15) is 4.98 Å². The molecule has 0 radical (unpaired) electrons. The lowest BCUT2D eigenvalue weighted by molar-refractivity contribution is 0.135. The topological polar surface area (TPSA) is 169 Å². The van der Waals surface area contributed by atoms with E-state index < -0.39 is 16.1 Å². The van der Waals surface area contributed by atoms with Crippen molar-refractivity contribution in [1.29, 1.82) is 0 Å². The van der Waals surface area contributed by atoms with Crippen LogP contribution in [0.2, 0.25) is 5.02 Å². The van der Waals surface area contributed by atoms with Gasteiger partial charge in [0.1, 0.15) is 30.5 Å². The SMILES string of the molecule is COc1ccc(Cl)c(Oc2c(NS(=O)(=O)c3ccc4c(c3)OCO4)nc(SC)nc2OCCOC(=O)Nc2ccccn2)c1. The van der Waals surface area contributed by atoms with Crippen molar-refractivity contribution in [3.8, 4) is 34.6 Å². The normalized spacial score (nSPS) is 11.9. The summed E-state index contributed by atoms with van der Waals surface area (Å²) >= 11 is 7.50. The van der Waals surface area contributed by atoms with E-state index in [0.717, 1.165) is 11.8 Å². The van der Waals surface area contributed by atoms with Crippen LogP contribution in [-0.2, 0) is 14.8 Å². The molecule has 5 rings (SSSR count). The van der Waals surface area contributed by atoms with E-state index in [1.165, 1.54) is 43.6 Å². The standard InChI is InChI=1S/C27H24ClN5O9S2/c1-37-16-6-8-18(28)20(13-16)42-23-24(33-44(35,36)17-7-9-19-21(14-17)41-15-40-19)31-26(43-2)32-25(23)38-11-12-39-27(34)30-22-5-3-4-10-29-22/h3-10,13-14H,11-12,15H2,1-2H3,(H,29,30,34)(H,31,32,33). The number of anilines is 2. The molecule has 44 heavy (non-hydrogen) atoms. The predicted octanol–water partition coefficient (Wildman–Crippen LogP) is 5.20. The zero-order valence-electron chi connectivity index (χ0n) is 23.1. The molecular weight excluding hydrogens is 638 g/mol. The first-order valence-corrected chi connectivity index (χ1v) is 15.7. The summed E-state index contributed by atoms with van der Waals surface area (Å²) in [6.07, 6.45) is 2.46. The van der Waals surface area contributed by atoms with Crippen LogP contribution in [0.3, 0.4) is 0 Å². The molecule has 0 aliphatic carbocycles. The second-order valence-electron chi connectivity index (χ2n) is 8.54. The number of rotatable bonds is 12. The van der Waals surface area contributed by atoms with Gasteiger partial charge < -0.3 is 28.4 Å². The zero-order valence-corrected chi connectivity index (χ0v) is 25.5. The summed E-state index contributed by atoms with van der Waals surface area (Å²) in [4.78, 5) is 24.7. The summed E-state index contributed by atoms with van der Waals surface area (Å²) < 4.78 is 62.3. The Morgan fingerprint density at radius 2 is 1.91 bits per heavy atom. The van der Waals surface area contributed by atoms with Crippen molar-refractivity contribution in [2.45, 2.75) is 10.1 Å². The molecule has 230 valence electrons. The summed E-state index contributed by atoms with van der Waals surface area (Å²) in [5.74, 6) is 0.915. The van der Waals surface area contributed by atoms with Crippen LogP contribution < -0.4 is 33.7 Å². The lowest BCUT2D eigenvalue weighted by Gasteiger charge is -2.18. The summed E-state index contributed by atoms with van der Waals surface area (Å²) in [6.45, 7) is -0.407. The molecule has 2 aromatic carbocycles. The molecule has 0 spiro atoms. The first-order valence-electron chi connectivity index (χ1n) is 12.6. The number of amides is 1. The second kappa shape index (κ2) is 13.7. The van der Waals surface area contributed by atoms with Crippen LogP contribution in [0.25, 0.3) is 0 Å². The van der Waals surface area contributed by atoms with Crippen molar-refractivity contribution >= 4 is 51.1 Å². The number of sulfonamides is 1. The van der Waals surface area contributed by atoms with Crippen LogP contribution >= 0.6 is 23.4 Å². The lowest BCUT2D eigenvalue weighted by atomic mass is 10.3. The van der Waals surface area contributed by atoms with Crippen molar-refractivity contribution in [1.82, 2.24) is 15.0 Å². The molecule has 14 nitrogen and oxygen atoms in total. The highest BCUT2D eigenvalue weighted by molar-refractivity contribution is 7.98. The monoisotopic (exact) mass is 661 g/mol. The maximum Gasteiger partial charge on any atom is 0.412 e. The number of hydrogen-bond acceptors (Lipinski definition) is 13. The second-order valence-corrected chi connectivity index (χ2v) is 11.4. The minimum absolute atomic E-state index is 0.0240. The van der Waals surface area contributed by atoms with E-state index in [4.69, 9.17) is 40.0 Å². The lowest BCUT2D eigenvalue weighted by Crippen LogP contribution is -2.19. The molecular formula is C27H24ClN5O9S2. The first-order chi connectivity index (χ1) is 21.3. The highest BCUT2D eigenvalue weighted by Crippen LogP contribution is 2.42. The van der Waals surface area contributed by atoms with Gasteiger partial charge >= 0.3 is 6.09 Å². The zero-order chi connectivity index (χ0) is 31.1. The van der Waals surface area contributed by atoms with Gasteiger partial charge in [-0.25, -0.2) is 23.2 Å². The fourth-order valence-electron chi connectivity index (χ4n) is 3.64. The van der Waals surface area contributed by atoms with Crippen LogP contribution in [0.15, 0.2) is 70.8 Å². The third-order valence-corrected chi connectivity index (χ3v) is 7.88. The molecule has 0 unspecified atom stereocenters. The molecule has 4 aromatic rings. The maximum atomic E-state index is 13.5. The largest absolute Gasteiger partial charge is 0.497 e. The van der Waals surface area contributed by atoms with Gasteiger partial charge in [-0.15, -0.1) is 0 Å². The third-order valence-electron chi connectivity index (χ3n) is 5.68. The fourth-order valence-corrected chi connectivity index (χ4v) is 5.17.